The zero-order valence-electron chi connectivity index (χ0n) is 9.17. The first kappa shape index (κ1) is 12.0. The smallest absolute Gasteiger partial charge is 0.0591 e. The molecule has 0 saturated heterocycles. The molecule has 0 aromatic rings. The Bertz CT molecular complexity index is 108. The molecule has 0 aromatic heterocycles. The zero-order valence-corrected chi connectivity index (χ0v) is 9.17. The Hall–Kier alpha value is -0.0400. The summed E-state index contributed by atoms with van der Waals surface area (Å²) >= 11 is 0. The molecular weight excluding hydrogens is 148 g/mol. The number of hydrogen-bond donors (Lipinski definition) is 1. The molecule has 1 nitrogen and oxygen atoms in total. The second-order valence-electron chi connectivity index (χ2n) is 4.53. The van der Waals surface area contributed by atoms with E-state index < -0.39 is 0 Å². The van der Waals surface area contributed by atoms with Crippen molar-refractivity contribution in [1.29, 1.82) is 0 Å². The molecule has 1 N–H and O–H groups in total. The topological polar surface area (TPSA) is 20.2 Å². The minimum absolute atomic E-state index is 0.114. The van der Waals surface area contributed by atoms with E-state index in [9.17, 15) is 5.11 Å². The molecule has 2 atom stereocenters. The van der Waals surface area contributed by atoms with Gasteiger partial charge in [0.15, 0.2) is 0 Å². The van der Waals surface area contributed by atoms with Crippen molar-refractivity contribution in [2.75, 3.05) is 0 Å². The van der Waals surface area contributed by atoms with E-state index in [1.807, 2.05) is 0 Å². The standard InChI is InChI=1S/C11H24O/c1-6-10(7-8(2)3)11(12)9(4)5/h8-12H,6-7H2,1-5H3. The fourth-order valence-electron chi connectivity index (χ4n) is 1.70. The summed E-state index contributed by atoms with van der Waals surface area (Å²) in [6.45, 7) is 10.8. The van der Waals surface area contributed by atoms with Gasteiger partial charge in [-0.15, -0.1) is 0 Å². The molecule has 0 aliphatic carbocycles. The van der Waals surface area contributed by atoms with E-state index in [2.05, 4.69) is 34.6 Å². The first-order chi connectivity index (χ1) is 5.49. The first-order valence-electron chi connectivity index (χ1n) is 5.17. The molecule has 0 saturated carbocycles. The van der Waals surface area contributed by atoms with Crippen LogP contribution in [-0.2, 0) is 0 Å². The normalized spacial score (nSPS) is 17.0. The number of rotatable bonds is 5. The Balaban J connectivity index is 3.96. The lowest BCUT2D eigenvalue weighted by Crippen LogP contribution is -2.26. The molecular formula is C11H24O. The maximum atomic E-state index is 9.84. The highest BCUT2D eigenvalue weighted by atomic mass is 16.3. The van der Waals surface area contributed by atoms with E-state index >= 15 is 0 Å². The highest BCUT2D eigenvalue weighted by Crippen LogP contribution is 2.23. The second-order valence-corrected chi connectivity index (χ2v) is 4.53. The van der Waals surface area contributed by atoms with E-state index in [4.69, 9.17) is 0 Å². The van der Waals surface area contributed by atoms with Gasteiger partial charge in [0.25, 0.3) is 0 Å². The second kappa shape index (κ2) is 5.58. The van der Waals surface area contributed by atoms with Gasteiger partial charge in [0.05, 0.1) is 6.10 Å². The van der Waals surface area contributed by atoms with Crippen LogP contribution < -0.4 is 0 Å². The summed E-state index contributed by atoms with van der Waals surface area (Å²) in [6.07, 6.45) is 2.13. The fraction of sp³-hybridized carbons (Fsp3) is 1.00. The number of aliphatic hydroxyl groups excluding tert-OH is 1. The Kier molecular flexibility index (Phi) is 5.56. The minimum Gasteiger partial charge on any atom is -0.393 e. The van der Waals surface area contributed by atoms with Crippen molar-refractivity contribution >= 4 is 0 Å². The number of aliphatic hydroxyl groups is 1. The fourth-order valence-corrected chi connectivity index (χ4v) is 1.70. The van der Waals surface area contributed by atoms with Gasteiger partial charge in [0.2, 0.25) is 0 Å². The van der Waals surface area contributed by atoms with Crippen LogP contribution in [0.15, 0.2) is 0 Å². The van der Waals surface area contributed by atoms with Crippen molar-refractivity contribution in [1.82, 2.24) is 0 Å². The van der Waals surface area contributed by atoms with Gasteiger partial charge in [-0.2, -0.15) is 0 Å². The Labute approximate surface area is 77.2 Å². The maximum Gasteiger partial charge on any atom is 0.0591 e. The van der Waals surface area contributed by atoms with Crippen molar-refractivity contribution in [3.63, 3.8) is 0 Å². The SMILES string of the molecule is CCC(CC(C)C)C(O)C(C)C. The van der Waals surface area contributed by atoms with Gasteiger partial charge in [0.1, 0.15) is 0 Å². The third kappa shape index (κ3) is 4.10. The van der Waals surface area contributed by atoms with E-state index in [-0.39, 0.29) is 6.10 Å². The molecule has 0 rings (SSSR count). The lowest BCUT2D eigenvalue weighted by molar-refractivity contribution is 0.0524. The first-order valence-corrected chi connectivity index (χ1v) is 5.17. The van der Waals surface area contributed by atoms with Crippen LogP contribution in [0, 0.1) is 17.8 Å². The average molecular weight is 172 g/mol. The third-order valence-corrected chi connectivity index (χ3v) is 2.46. The van der Waals surface area contributed by atoms with Crippen LogP contribution in [0.2, 0.25) is 0 Å². The molecule has 2 unspecified atom stereocenters. The summed E-state index contributed by atoms with van der Waals surface area (Å²) in [5.74, 6) is 1.59. The minimum atomic E-state index is -0.114. The van der Waals surface area contributed by atoms with Crippen LogP contribution >= 0.6 is 0 Å². The van der Waals surface area contributed by atoms with Crippen LogP contribution in [0.3, 0.4) is 0 Å². The molecule has 0 amide bonds. The summed E-state index contributed by atoms with van der Waals surface area (Å²) in [5, 5.41) is 9.84. The van der Waals surface area contributed by atoms with Crippen LogP contribution in [0.25, 0.3) is 0 Å². The molecule has 0 spiro atoms. The molecule has 0 aliphatic heterocycles. The average Bonchev–Trinajstić information content (AvgIpc) is 1.98. The van der Waals surface area contributed by atoms with E-state index in [1.54, 1.807) is 0 Å². The molecule has 0 aromatic carbocycles. The lowest BCUT2D eigenvalue weighted by Gasteiger charge is -2.26. The van der Waals surface area contributed by atoms with Crippen molar-refractivity contribution < 1.29 is 5.11 Å². The molecule has 0 bridgehead atoms. The summed E-state index contributed by atoms with van der Waals surface area (Å²) in [7, 11) is 0. The molecule has 74 valence electrons. The van der Waals surface area contributed by atoms with Crippen LogP contribution in [-0.4, -0.2) is 11.2 Å². The van der Waals surface area contributed by atoms with Gasteiger partial charge in [-0.3, -0.25) is 0 Å². The molecule has 1 heteroatoms. The van der Waals surface area contributed by atoms with Gasteiger partial charge in [0, 0.05) is 0 Å². The van der Waals surface area contributed by atoms with Crippen LogP contribution in [0.4, 0.5) is 0 Å². The third-order valence-electron chi connectivity index (χ3n) is 2.46. The summed E-state index contributed by atoms with van der Waals surface area (Å²) in [4.78, 5) is 0. The lowest BCUT2D eigenvalue weighted by atomic mass is 9.85. The van der Waals surface area contributed by atoms with Gasteiger partial charge in [-0.25, -0.2) is 0 Å². The van der Waals surface area contributed by atoms with Crippen LogP contribution in [0.1, 0.15) is 47.5 Å². The molecule has 0 fully saturated rings. The van der Waals surface area contributed by atoms with Crippen molar-refractivity contribution in [2.45, 2.75) is 53.6 Å². The Morgan fingerprint density at radius 3 is 1.83 bits per heavy atom. The van der Waals surface area contributed by atoms with E-state index in [1.165, 1.54) is 0 Å². The molecule has 0 radical (unpaired) electrons. The summed E-state index contributed by atoms with van der Waals surface area (Å²) in [5.41, 5.74) is 0. The maximum absolute atomic E-state index is 9.84. The van der Waals surface area contributed by atoms with Gasteiger partial charge < -0.3 is 5.11 Å². The monoisotopic (exact) mass is 172 g/mol. The molecule has 0 heterocycles. The van der Waals surface area contributed by atoms with Crippen molar-refractivity contribution in [3.05, 3.63) is 0 Å². The predicted molar refractivity (Wildman–Crippen MR) is 54.1 cm³/mol. The van der Waals surface area contributed by atoms with Crippen LogP contribution in [0.5, 0.6) is 0 Å². The van der Waals surface area contributed by atoms with Gasteiger partial charge >= 0.3 is 0 Å². The summed E-state index contributed by atoms with van der Waals surface area (Å²) < 4.78 is 0. The quantitative estimate of drug-likeness (QED) is 0.675. The van der Waals surface area contributed by atoms with E-state index in [0.29, 0.717) is 17.8 Å². The number of hydrogen-bond acceptors (Lipinski definition) is 1. The van der Waals surface area contributed by atoms with E-state index in [0.717, 1.165) is 12.8 Å². The van der Waals surface area contributed by atoms with Gasteiger partial charge in [-0.1, -0.05) is 41.0 Å². The zero-order chi connectivity index (χ0) is 9.72. The van der Waals surface area contributed by atoms with Gasteiger partial charge in [-0.05, 0) is 24.2 Å². The van der Waals surface area contributed by atoms with Crippen molar-refractivity contribution in [2.24, 2.45) is 17.8 Å². The highest BCUT2D eigenvalue weighted by Gasteiger charge is 2.20. The summed E-state index contributed by atoms with van der Waals surface area (Å²) in [6, 6.07) is 0. The largest absolute Gasteiger partial charge is 0.393 e. The van der Waals surface area contributed by atoms with Crippen molar-refractivity contribution in [3.8, 4) is 0 Å². The Morgan fingerprint density at radius 1 is 1.08 bits per heavy atom. The Morgan fingerprint density at radius 2 is 1.58 bits per heavy atom. The predicted octanol–water partition coefficient (Wildman–Crippen LogP) is 3.08. The highest BCUT2D eigenvalue weighted by molar-refractivity contribution is 4.71. The molecule has 0 aliphatic rings. The molecule has 12 heavy (non-hydrogen) atoms.